The van der Waals surface area contributed by atoms with E-state index in [0.717, 1.165) is 0 Å². The van der Waals surface area contributed by atoms with E-state index in [1.807, 2.05) is 0 Å². The van der Waals surface area contributed by atoms with E-state index in [0.29, 0.717) is 21.3 Å². The molecule has 2 rings (SSSR count). The summed E-state index contributed by atoms with van der Waals surface area (Å²) >= 11 is 3.25. The maximum absolute atomic E-state index is 12.0. The molecule has 0 spiro atoms. The van der Waals surface area contributed by atoms with Crippen LogP contribution in [0.2, 0.25) is 0 Å². The van der Waals surface area contributed by atoms with Gasteiger partial charge in [-0.1, -0.05) is 18.2 Å². The smallest absolute Gasteiger partial charge is 0.274 e. The van der Waals surface area contributed by atoms with Gasteiger partial charge in [-0.15, -0.1) is 0 Å². The minimum Gasteiger partial charge on any atom is -0.398 e. The summed E-state index contributed by atoms with van der Waals surface area (Å²) in [6.45, 7) is 0.0813. The molecule has 0 heterocycles. The number of rotatable bonds is 4. The van der Waals surface area contributed by atoms with E-state index in [2.05, 4.69) is 21.2 Å². The van der Waals surface area contributed by atoms with E-state index >= 15 is 0 Å². The predicted octanol–water partition coefficient (Wildman–Crippen LogP) is 2.87. The number of para-hydroxylation sites is 1. The van der Waals surface area contributed by atoms with E-state index in [-0.39, 0.29) is 18.1 Å². The van der Waals surface area contributed by atoms with Gasteiger partial charge in [-0.25, -0.2) is 0 Å². The highest BCUT2D eigenvalue weighted by molar-refractivity contribution is 9.10. The molecular weight excluding hydrogens is 338 g/mol. The van der Waals surface area contributed by atoms with Crippen LogP contribution in [0.15, 0.2) is 46.9 Å². The number of anilines is 1. The lowest BCUT2D eigenvalue weighted by Crippen LogP contribution is -2.23. The highest BCUT2D eigenvalue weighted by Gasteiger charge is 2.14. The molecule has 0 aromatic heterocycles. The van der Waals surface area contributed by atoms with Crippen LogP contribution >= 0.6 is 15.9 Å². The van der Waals surface area contributed by atoms with Crippen LogP contribution < -0.4 is 11.1 Å². The summed E-state index contributed by atoms with van der Waals surface area (Å²) in [6.07, 6.45) is 0. The standard InChI is InChI=1S/C14H12BrN3O3/c15-11-7-9(5-6-12(11)16)14(19)17-8-10-3-1-2-4-13(10)18(20)21/h1-7H,8,16H2,(H,17,19). The Labute approximate surface area is 129 Å². The van der Waals surface area contributed by atoms with E-state index < -0.39 is 4.92 Å². The maximum Gasteiger partial charge on any atom is 0.274 e. The van der Waals surface area contributed by atoms with Crippen molar-refractivity contribution in [3.63, 3.8) is 0 Å². The second kappa shape index (κ2) is 6.36. The molecule has 2 aromatic carbocycles. The summed E-state index contributed by atoms with van der Waals surface area (Å²) in [6, 6.07) is 11.1. The Bertz CT molecular complexity index is 704. The summed E-state index contributed by atoms with van der Waals surface area (Å²) in [5.41, 5.74) is 7.04. The molecule has 0 aliphatic heterocycles. The molecule has 7 heteroatoms. The number of nitro benzene ring substituents is 1. The van der Waals surface area contributed by atoms with Crippen LogP contribution in [0.3, 0.4) is 0 Å². The number of nitrogens with one attached hydrogen (secondary N) is 1. The van der Waals surface area contributed by atoms with Crippen molar-refractivity contribution in [1.29, 1.82) is 0 Å². The average molecular weight is 350 g/mol. The number of carbonyl (C=O) groups excluding carboxylic acids is 1. The topological polar surface area (TPSA) is 98.3 Å². The molecule has 0 aliphatic carbocycles. The number of nitro groups is 1. The molecule has 0 bridgehead atoms. The molecule has 108 valence electrons. The van der Waals surface area contributed by atoms with E-state index in [1.54, 1.807) is 36.4 Å². The zero-order valence-corrected chi connectivity index (χ0v) is 12.5. The average Bonchev–Trinajstić information content (AvgIpc) is 2.47. The second-order valence-electron chi connectivity index (χ2n) is 4.30. The van der Waals surface area contributed by atoms with Crippen molar-refractivity contribution in [1.82, 2.24) is 5.32 Å². The number of amides is 1. The molecule has 0 fully saturated rings. The third-order valence-electron chi connectivity index (χ3n) is 2.89. The van der Waals surface area contributed by atoms with Crippen LogP contribution in [-0.4, -0.2) is 10.8 Å². The third-order valence-corrected chi connectivity index (χ3v) is 3.58. The number of nitrogen functional groups attached to an aromatic ring is 1. The number of halogens is 1. The van der Waals surface area contributed by atoms with Gasteiger partial charge in [0, 0.05) is 33.9 Å². The Morgan fingerprint density at radius 1 is 1.29 bits per heavy atom. The fourth-order valence-electron chi connectivity index (χ4n) is 1.78. The highest BCUT2D eigenvalue weighted by Crippen LogP contribution is 2.21. The van der Waals surface area contributed by atoms with E-state index in [9.17, 15) is 14.9 Å². The molecule has 2 aromatic rings. The number of nitrogens with zero attached hydrogens (tertiary/aromatic N) is 1. The lowest BCUT2D eigenvalue weighted by Gasteiger charge is -2.07. The largest absolute Gasteiger partial charge is 0.398 e. The van der Waals surface area contributed by atoms with Gasteiger partial charge in [-0.3, -0.25) is 14.9 Å². The van der Waals surface area contributed by atoms with Crippen molar-refractivity contribution in [2.24, 2.45) is 0 Å². The second-order valence-corrected chi connectivity index (χ2v) is 5.16. The molecule has 0 saturated carbocycles. The highest BCUT2D eigenvalue weighted by atomic mass is 79.9. The number of benzene rings is 2. The fraction of sp³-hybridized carbons (Fsp3) is 0.0714. The van der Waals surface area contributed by atoms with E-state index in [1.165, 1.54) is 6.07 Å². The van der Waals surface area contributed by atoms with Crippen LogP contribution in [0, 0.1) is 10.1 Å². The minimum absolute atomic E-state index is 0.0173. The van der Waals surface area contributed by atoms with Gasteiger partial charge in [0.05, 0.1) is 4.92 Å². The quantitative estimate of drug-likeness (QED) is 0.503. The molecule has 0 atom stereocenters. The zero-order chi connectivity index (χ0) is 15.4. The van der Waals surface area contributed by atoms with Crippen LogP contribution in [0.1, 0.15) is 15.9 Å². The maximum atomic E-state index is 12.0. The number of nitrogens with two attached hydrogens (primary N) is 1. The molecule has 0 aliphatic rings. The Kier molecular flexibility index (Phi) is 4.54. The van der Waals surface area contributed by atoms with Crippen molar-refractivity contribution in [3.05, 3.63) is 68.2 Å². The monoisotopic (exact) mass is 349 g/mol. The predicted molar refractivity (Wildman–Crippen MR) is 82.8 cm³/mol. The normalized spacial score (nSPS) is 10.1. The molecule has 3 N–H and O–H groups in total. The number of hydrogen-bond acceptors (Lipinski definition) is 4. The first-order valence-electron chi connectivity index (χ1n) is 6.04. The summed E-state index contributed by atoms with van der Waals surface area (Å²) in [5, 5.41) is 13.5. The Hall–Kier alpha value is -2.41. The van der Waals surface area contributed by atoms with Gasteiger partial charge in [0.15, 0.2) is 0 Å². The van der Waals surface area contributed by atoms with Crippen LogP contribution in [0.25, 0.3) is 0 Å². The summed E-state index contributed by atoms with van der Waals surface area (Å²) in [5.74, 6) is -0.325. The Balaban J connectivity index is 2.11. The van der Waals surface area contributed by atoms with Crippen LogP contribution in [0.5, 0.6) is 0 Å². The lowest BCUT2D eigenvalue weighted by atomic mass is 10.1. The van der Waals surface area contributed by atoms with Gasteiger partial charge in [-0.05, 0) is 34.1 Å². The van der Waals surface area contributed by atoms with Gasteiger partial charge in [0.1, 0.15) is 0 Å². The fourth-order valence-corrected chi connectivity index (χ4v) is 2.16. The Morgan fingerprint density at radius 2 is 2.00 bits per heavy atom. The van der Waals surface area contributed by atoms with Gasteiger partial charge in [0.25, 0.3) is 11.6 Å². The SMILES string of the molecule is Nc1ccc(C(=O)NCc2ccccc2[N+](=O)[O-])cc1Br. The first-order chi connectivity index (χ1) is 9.99. The number of hydrogen-bond donors (Lipinski definition) is 2. The van der Waals surface area contributed by atoms with Crippen molar-refractivity contribution in [3.8, 4) is 0 Å². The van der Waals surface area contributed by atoms with Crippen LogP contribution in [0.4, 0.5) is 11.4 Å². The van der Waals surface area contributed by atoms with Crippen molar-refractivity contribution >= 4 is 33.2 Å². The zero-order valence-electron chi connectivity index (χ0n) is 10.9. The molecule has 1 amide bonds. The molecule has 0 unspecified atom stereocenters. The summed E-state index contributed by atoms with van der Waals surface area (Å²) in [7, 11) is 0. The van der Waals surface area contributed by atoms with Crippen molar-refractivity contribution in [2.75, 3.05) is 5.73 Å². The van der Waals surface area contributed by atoms with Crippen molar-refractivity contribution < 1.29 is 9.72 Å². The van der Waals surface area contributed by atoms with Crippen LogP contribution in [-0.2, 0) is 6.54 Å². The lowest BCUT2D eigenvalue weighted by molar-refractivity contribution is -0.385. The third kappa shape index (κ3) is 3.57. The Morgan fingerprint density at radius 3 is 2.67 bits per heavy atom. The molecule has 0 radical (unpaired) electrons. The summed E-state index contributed by atoms with van der Waals surface area (Å²) in [4.78, 5) is 22.4. The van der Waals surface area contributed by atoms with Crippen molar-refractivity contribution in [2.45, 2.75) is 6.54 Å². The van der Waals surface area contributed by atoms with Gasteiger partial charge >= 0.3 is 0 Å². The number of carbonyl (C=O) groups is 1. The molecule has 6 nitrogen and oxygen atoms in total. The van der Waals surface area contributed by atoms with Gasteiger partial charge < -0.3 is 11.1 Å². The molecule has 21 heavy (non-hydrogen) atoms. The minimum atomic E-state index is -0.471. The first-order valence-corrected chi connectivity index (χ1v) is 6.84. The van der Waals surface area contributed by atoms with Gasteiger partial charge in [0.2, 0.25) is 0 Å². The van der Waals surface area contributed by atoms with E-state index in [4.69, 9.17) is 5.73 Å². The van der Waals surface area contributed by atoms with Gasteiger partial charge in [-0.2, -0.15) is 0 Å². The molecule has 0 saturated heterocycles. The molecular formula is C14H12BrN3O3. The summed E-state index contributed by atoms with van der Waals surface area (Å²) < 4.78 is 0.626. The first kappa shape index (κ1) is 15.0.